The van der Waals surface area contributed by atoms with Crippen molar-refractivity contribution in [3.8, 4) is 5.75 Å². The molecule has 1 saturated carbocycles. The highest BCUT2D eigenvalue weighted by Crippen LogP contribution is 2.36. The van der Waals surface area contributed by atoms with Gasteiger partial charge in [-0.25, -0.2) is 4.39 Å². The molecule has 0 radical (unpaired) electrons. The molecule has 1 amide bonds. The van der Waals surface area contributed by atoms with Crippen LogP contribution >= 0.6 is 0 Å². The van der Waals surface area contributed by atoms with Crippen LogP contribution in [0.15, 0.2) is 18.2 Å². The highest BCUT2D eigenvalue weighted by Gasteiger charge is 2.36. The Morgan fingerprint density at radius 1 is 1.20 bits per heavy atom. The van der Waals surface area contributed by atoms with Crippen molar-refractivity contribution in [2.24, 2.45) is 5.92 Å². The lowest BCUT2D eigenvalue weighted by Gasteiger charge is -2.29. The summed E-state index contributed by atoms with van der Waals surface area (Å²) in [6, 6.07) is 3.84. The average Bonchev–Trinajstić information content (AvgIpc) is 3.10. The van der Waals surface area contributed by atoms with E-state index in [1.54, 1.807) is 0 Å². The fourth-order valence-electron chi connectivity index (χ4n) is 3.71. The molecule has 1 aromatic carbocycles. The number of phenolic OH excluding ortho intramolecular Hbond substituents is 1. The van der Waals surface area contributed by atoms with E-state index >= 15 is 0 Å². The van der Waals surface area contributed by atoms with Crippen molar-refractivity contribution >= 4 is 5.91 Å². The number of hydrogen-bond acceptors (Lipinski definition) is 2. The lowest BCUT2D eigenvalue weighted by Crippen LogP contribution is -2.39. The molecule has 1 N–H and O–H groups in total. The summed E-state index contributed by atoms with van der Waals surface area (Å²) in [5.74, 6) is -0.259. The second kappa shape index (κ2) is 5.43. The van der Waals surface area contributed by atoms with Crippen molar-refractivity contribution < 1.29 is 14.3 Å². The molecule has 108 valence electrons. The Kier molecular flexibility index (Phi) is 3.64. The topological polar surface area (TPSA) is 40.5 Å². The summed E-state index contributed by atoms with van der Waals surface area (Å²) in [6.07, 6.45) is 6.89. The summed E-state index contributed by atoms with van der Waals surface area (Å²) in [5, 5.41) is 9.80. The van der Waals surface area contributed by atoms with Crippen LogP contribution in [0.1, 0.15) is 48.9 Å². The zero-order chi connectivity index (χ0) is 14.1. The van der Waals surface area contributed by atoms with Gasteiger partial charge >= 0.3 is 0 Å². The largest absolute Gasteiger partial charge is 0.507 e. The number of aromatic hydroxyl groups is 1. The van der Waals surface area contributed by atoms with E-state index in [9.17, 15) is 14.3 Å². The highest BCUT2D eigenvalue weighted by molar-refractivity contribution is 5.97. The summed E-state index contributed by atoms with van der Waals surface area (Å²) in [4.78, 5) is 14.4. The zero-order valence-electron chi connectivity index (χ0n) is 11.5. The van der Waals surface area contributed by atoms with Crippen molar-refractivity contribution in [3.05, 3.63) is 29.6 Å². The minimum atomic E-state index is -0.484. The third kappa shape index (κ3) is 2.39. The van der Waals surface area contributed by atoms with Gasteiger partial charge in [-0.15, -0.1) is 0 Å². The highest BCUT2D eigenvalue weighted by atomic mass is 19.1. The summed E-state index contributed by atoms with van der Waals surface area (Å²) in [6.45, 7) is 0.718. The Bertz CT molecular complexity index is 511. The first-order chi connectivity index (χ1) is 9.66. The van der Waals surface area contributed by atoms with E-state index in [0.29, 0.717) is 5.92 Å². The molecule has 2 aliphatic rings. The number of carbonyl (C=O) groups excluding carboxylic acids is 1. The summed E-state index contributed by atoms with van der Waals surface area (Å²) in [5.41, 5.74) is 0.0925. The maximum atomic E-state index is 13.3. The Morgan fingerprint density at radius 2 is 1.95 bits per heavy atom. The lowest BCUT2D eigenvalue weighted by molar-refractivity contribution is 0.0685. The van der Waals surface area contributed by atoms with Crippen molar-refractivity contribution in [3.63, 3.8) is 0 Å². The van der Waals surface area contributed by atoms with Crippen LogP contribution in [0.25, 0.3) is 0 Å². The molecule has 1 aromatic rings. The quantitative estimate of drug-likeness (QED) is 0.900. The zero-order valence-corrected chi connectivity index (χ0v) is 11.5. The van der Waals surface area contributed by atoms with E-state index in [-0.39, 0.29) is 23.3 Å². The SMILES string of the molecule is O=C(c1cc(F)ccc1O)N1CCCC1C1CCCC1. The number of hydrogen-bond donors (Lipinski definition) is 1. The second-order valence-electron chi connectivity index (χ2n) is 5.91. The van der Waals surface area contributed by atoms with Gasteiger partial charge in [0.2, 0.25) is 0 Å². The maximum absolute atomic E-state index is 13.3. The number of likely N-dealkylation sites (tertiary alicyclic amines) is 1. The second-order valence-corrected chi connectivity index (χ2v) is 5.91. The molecule has 0 aromatic heterocycles. The molecular weight excluding hydrogens is 257 g/mol. The number of halogens is 1. The molecule has 0 bridgehead atoms. The molecule has 1 aliphatic heterocycles. The molecule has 3 nitrogen and oxygen atoms in total. The van der Waals surface area contributed by atoms with Crippen LogP contribution in [-0.4, -0.2) is 28.5 Å². The molecule has 0 spiro atoms. The van der Waals surface area contributed by atoms with Crippen LogP contribution < -0.4 is 0 Å². The van der Waals surface area contributed by atoms with Crippen molar-refractivity contribution in [2.45, 2.75) is 44.6 Å². The minimum Gasteiger partial charge on any atom is -0.507 e. The number of phenols is 1. The van der Waals surface area contributed by atoms with Crippen LogP contribution in [0.2, 0.25) is 0 Å². The molecule has 1 unspecified atom stereocenters. The van der Waals surface area contributed by atoms with Crippen molar-refractivity contribution in [1.82, 2.24) is 4.90 Å². The average molecular weight is 277 g/mol. The van der Waals surface area contributed by atoms with Gasteiger partial charge in [0.15, 0.2) is 0 Å². The first kappa shape index (κ1) is 13.4. The van der Waals surface area contributed by atoms with Gasteiger partial charge < -0.3 is 10.0 Å². The van der Waals surface area contributed by atoms with Gasteiger partial charge in [-0.2, -0.15) is 0 Å². The number of nitrogens with zero attached hydrogens (tertiary/aromatic N) is 1. The molecule has 20 heavy (non-hydrogen) atoms. The fraction of sp³-hybridized carbons (Fsp3) is 0.562. The Labute approximate surface area is 118 Å². The summed E-state index contributed by atoms with van der Waals surface area (Å²) < 4.78 is 13.3. The Morgan fingerprint density at radius 3 is 2.70 bits per heavy atom. The van der Waals surface area contributed by atoms with Gasteiger partial charge in [-0.3, -0.25) is 4.79 Å². The van der Waals surface area contributed by atoms with Gasteiger partial charge in [0.25, 0.3) is 5.91 Å². The minimum absolute atomic E-state index is 0.0925. The first-order valence-electron chi connectivity index (χ1n) is 7.46. The van der Waals surface area contributed by atoms with Crippen LogP contribution in [0.3, 0.4) is 0 Å². The van der Waals surface area contributed by atoms with Crippen LogP contribution in [0.4, 0.5) is 4.39 Å². The fourth-order valence-corrected chi connectivity index (χ4v) is 3.71. The van der Waals surface area contributed by atoms with E-state index < -0.39 is 5.82 Å². The molecular formula is C16H20FNO2. The van der Waals surface area contributed by atoms with Crippen LogP contribution in [-0.2, 0) is 0 Å². The molecule has 1 saturated heterocycles. The monoisotopic (exact) mass is 277 g/mol. The number of carbonyl (C=O) groups is 1. The molecule has 2 fully saturated rings. The van der Waals surface area contributed by atoms with Gasteiger partial charge in [0.05, 0.1) is 5.56 Å². The Hall–Kier alpha value is -1.58. The first-order valence-corrected chi connectivity index (χ1v) is 7.46. The number of benzene rings is 1. The molecule has 4 heteroatoms. The normalized spacial score (nSPS) is 23.4. The smallest absolute Gasteiger partial charge is 0.257 e. The predicted molar refractivity (Wildman–Crippen MR) is 74.1 cm³/mol. The molecule has 1 heterocycles. The van der Waals surface area contributed by atoms with Gasteiger partial charge in [-0.05, 0) is 49.8 Å². The van der Waals surface area contributed by atoms with Gasteiger partial charge in [-0.1, -0.05) is 12.8 Å². The van der Waals surface area contributed by atoms with Crippen molar-refractivity contribution in [1.29, 1.82) is 0 Å². The van der Waals surface area contributed by atoms with Crippen LogP contribution in [0.5, 0.6) is 5.75 Å². The molecule has 1 aliphatic carbocycles. The Balaban J connectivity index is 1.83. The third-order valence-corrected chi connectivity index (χ3v) is 4.69. The summed E-state index contributed by atoms with van der Waals surface area (Å²) in [7, 11) is 0. The van der Waals surface area contributed by atoms with E-state index in [4.69, 9.17) is 0 Å². The van der Waals surface area contributed by atoms with Gasteiger partial charge in [0, 0.05) is 12.6 Å². The predicted octanol–water partition coefficient (Wildman–Crippen LogP) is 3.33. The number of amides is 1. The number of rotatable bonds is 2. The van der Waals surface area contributed by atoms with E-state index in [2.05, 4.69) is 0 Å². The molecule has 1 atom stereocenters. The standard InChI is InChI=1S/C16H20FNO2/c17-12-7-8-15(19)13(10-12)16(20)18-9-3-6-14(18)11-4-1-2-5-11/h7-8,10-11,14,19H,1-6,9H2. The maximum Gasteiger partial charge on any atom is 0.257 e. The van der Waals surface area contributed by atoms with Gasteiger partial charge in [0.1, 0.15) is 11.6 Å². The van der Waals surface area contributed by atoms with Crippen LogP contribution in [0, 0.1) is 11.7 Å². The van der Waals surface area contributed by atoms with E-state index in [0.717, 1.165) is 25.5 Å². The van der Waals surface area contributed by atoms with Crippen molar-refractivity contribution in [2.75, 3.05) is 6.54 Å². The lowest BCUT2D eigenvalue weighted by atomic mass is 9.95. The summed E-state index contributed by atoms with van der Waals surface area (Å²) >= 11 is 0. The van der Waals surface area contributed by atoms with E-state index in [1.165, 1.54) is 37.8 Å². The third-order valence-electron chi connectivity index (χ3n) is 4.69. The van der Waals surface area contributed by atoms with E-state index in [1.807, 2.05) is 4.90 Å². The molecule has 3 rings (SSSR count).